The predicted molar refractivity (Wildman–Crippen MR) is 64.3 cm³/mol. The van der Waals surface area contributed by atoms with E-state index in [0.717, 1.165) is 17.7 Å². The molecule has 4 nitrogen and oxygen atoms in total. The van der Waals surface area contributed by atoms with E-state index in [4.69, 9.17) is 15.2 Å². The van der Waals surface area contributed by atoms with Gasteiger partial charge in [0.25, 0.3) is 0 Å². The van der Waals surface area contributed by atoms with Crippen molar-refractivity contribution < 1.29 is 14.3 Å². The van der Waals surface area contributed by atoms with E-state index in [0.29, 0.717) is 25.3 Å². The molecular weight excluding hydrogens is 218 g/mol. The number of carbonyl (C=O) groups is 1. The van der Waals surface area contributed by atoms with E-state index in [2.05, 4.69) is 0 Å². The van der Waals surface area contributed by atoms with Gasteiger partial charge in [-0.1, -0.05) is 0 Å². The molecule has 0 aromatic heterocycles. The maximum atomic E-state index is 11.6. The molecule has 1 aromatic rings. The average molecular weight is 235 g/mol. The van der Waals surface area contributed by atoms with Crippen LogP contribution in [0.2, 0.25) is 0 Å². The second-order valence-corrected chi connectivity index (χ2v) is 4.04. The molecule has 17 heavy (non-hydrogen) atoms. The number of nitrogens with two attached hydrogens (primary N) is 1. The van der Waals surface area contributed by atoms with Gasteiger partial charge in [-0.2, -0.15) is 0 Å². The third-order valence-corrected chi connectivity index (χ3v) is 2.97. The lowest BCUT2D eigenvalue weighted by atomic mass is 9.92. The van der Waals surface area contributed by atoms with E-state index in [1.807, 2.05) is 12.1 Å². The summed E-state index contributed by atoms with van der Waals surface area (Å²) in [6.07, 6.45) is 0.899. The van der Waals surface area contributed by atoms with Gasteiger partial charge in [-0.05, 0) is 43.7 Å². The Morgan fingerprint density at radius 1 is 1.59 bits per heavy atom. The molecule has 0 aliphatic carbocycles. The molecule has 1 atom stereocenters. The molecule has 0 fully saturated rings. The topological polar surface area (TPSA) is 61.5 Å². The van der Waals surface area contributed by atoms with Gasteiger partial charge in [-0.25, -0.2) is 4.79 Å². The third-order valence-electron chi connectivity index (χ3n) is 2.97. The first-order chi connectivity index (χ1) is 8.26. The van der Waals surface area contributed by atoms with Gasteiger partial charge >= 0.3 is 5.97 Å². The minimum atomic E-state index is -0.295. The van der Waals surface area contributed by atoms with Crippen molar-refractivity contribution >= 4 is 5.97 Å². The van der Waals surface area contributed by atoms with E-state index >= 15 is 0 Å². The van der Waals surface area contributed by atoms with Crippen molar-refractivity contribution in [3.63, 3.8) is 0 Å². The van der Waals surface area contributed by atoms with Crippen molar-refractivity contribution in [2.75, 3.05) is 19.8 Å². The maximum absolute atomic E-state index is 11.6. The highest BCUT2D eigenvalue weighted by Gasteiger charge is 2.21. The Hall–Kier alpha value is -1.55. The predicted octanol–water partition coefficient (Wildman–Crippen LogP) is 1.69. The molecular formula is C13H17NO3. The molecule has 92 valence electrons. The number of hydrogen-bond acceptors (Lipinski definition) is 4. The van der Waals surface area contributed by atoms with Crippen LogP contribution in [0.4, 0.5) is 0 Å². The molecule has 1 aliphatic heterocycles. The van der Waals surface area contributed by atoms with Crippen molar-refractivity contribution in [1.82, 2.24) is 0 Å². The van der Waals surface area contributed by atoms with Gasteiger partial charge in [0.15, 0.2) is 0 Å². The highest BCUT2D eigenvalue weighted by molar-refractivity contribution is 5.90. The average Bonchev–Trinajstić information content (AvgIpc) is 2.37. The number of carbonyl (C=O) groups excluding carboxylic acids is 1. The third kappa shape index (κ3) is 2.42. The van der Waals surface area contributed by atoms with E-state index in [1.165, 1.54) is 0 Å². The highest BCUT2D eigenvalue weighted by Crippen LogP contribution is 2.33. The summed E-state index contributed by atoms with van der Waals surface area (Å²) < 4.78 is 10.5. The van der Waals surface area contributed by atoms with Gasteiger partial charge in [-0.3, -0.25) is 0 Å². The second-order valence-electron chi connectivity index (χ2n) is 4.04. The standard InChI is InChI=1S/C13H17NO3/c1-2-16-13(15)9-3-4-12-11(7-9)10(8-14)5-6-17-12/h3-4,7,10H,2,5-6,8,14H2,1H3. The van der Waals surface area contributed by atoms with E-state index in [1.54, 1.807) is 13.0 Å². The summed E-state index contributed by atoms with van der Waals surface area (Å²) in [6.45, 7) is 3.44. The van der Waals surface area contributed by atoms with Crippen LogP contribution in [0.15, 0.2) is 18.2 Å². The Labute approximate surface area is 101 Å². The van der Waals surface area contributed by atoms with Crippen LogP contribution < -0.4 is 10.5 Å². The van der Waals surface area contributed by atoms with Crippen molar-refractivity contribution in [3.05, 3.63) is 29.3 Å². The van der Waals surface area contributed by atoms with Crippen LogP contribution in [0.25, 0.3) is 0 Å². The van der Waals surface area contributed by atoms with Crippen molar-refractivity contribution in [2.24, 2.45) is 5.73 Å². The van der Waals surface area contributed by atoms with Crippen LogP contribution >= 0.6 is 0 Å². The fourth-order valence-electron chi connectivity index (χ4n) is 2.05. The smallest absolute Gasteiger partial charge is 0.338 e. The van der Waals surface area contributed by atoms with Crippen LogP contribution in [0.5, 0.6) is 5.75 Å². The molecule has 1 aromatic carbocycles. The zero-order valence-corrected chi connectivity index (χ0v) is 9.94. The molecule has 2 rings (SSSR count). The highest BCUT2D eigenvalue weighted by atomic mass is 16.5. The molecule has 4 heteroatoms. The molecule has 0 radical (unpaired) electrons. The zero-order valence-electron chi connectivity index (χ0n) is 9.94. The molecule has 0 spiro atoms. The Bertz CT molecular complexity index is 417. The van der Waals surface area contributed by atoms with Crippen molar-refractivity contribution in [1.29, 1.82) is 0 Å². The quantitative estimate of drug-likeness (QED) is 0.810. The summed E-state index contributed by atoms with van der Waals surface area (Å²) in [7, 11) is 0. The number of benzene rings is 1. The molecule has 1 heterocycles. The van der Waals surface area contributed by atoms with Crippen molar-refractivity contribution in [2.45, 2.75) is 19.3 Å². The number of fused-ring (bicyclic) bond motifs is 1. The van der Waals surface area contributed by atoms with E-state index < -0.39 is 0 Å². The Morgan fingerprint density at radius 3 is 3.12 bits per heavy atom. The molecule has 0 amide bonds. The first kappa shape index (κ1) is 11.9. The summed E-state index contributed by atoms with van der Waals surface area (Å²) in [6, 6.07) is 5.39. The summed E-state index contributed by atoms with van der Waals surface area (Å²) >= 11 is 0. The van der Waals surface area contributed by atoms with E-state index in [-0.39, 0.29) is 11.9 Å². The summed E-state index contributed by atoms with van der Waals surface area (Å²) in [4.78, 5) is 11.6. The number of hydrogen-bond donors (Lipinski definition) is 1. The Balaban J connectivity index is 2.30. The molecule has 0 saturated carbocycles. The maximum Gasteiger partial charge on any atom is 0.338 e. The Kier molecular flexibility index (Phi) is 3.64. The zero-order chi connectivity index (χ0) is 12.3. The van der Waals surface area contributed by atoms with Gasteiger partial charge in [0.05, 0.1) is 18.8 Å². The monoisotopic (exact) mass is 235 g/mol. The lowest BCUT2D eigenvalue weighted by Gasteiger charge is -2.25. The summed E-state index contributed by atoms with van der Waals surface area (Å²) in [5, 5.41) is 0. The van der Waals surface area contributed by atoms with E-state index in [9.17, 15) is 4.79 Å². The minimum absolute atomic E-state index is 0.271. The Morgan fingerprint density at radius 2 is 2.41 bits per heavy atom. The summed E-state index contributed by atoms with van der Waals surface area (Å²) in [5.41, 5.74) is 7.31. The van der Waals surface area contributed by atoms with Crippen LogP contribution in [-0.4, -0.2) is 25.7 Å². The molecule has 0 bridgehead atoms. The fraction of sp³-hybridized carbons (Fsp3) is 0.462. The van der Waals surface area contributed by atoms with Gasteiger partial charge in [0.1, 0.15) is 5.75 Å². The lowest BCUT2D eigenvalue weighted by molar-refractivity contribution is 0.0526. The van der Waals surface area contributed by atoms with Crippen LogP contribution in [-0.2, 0) is 4.74 Å². The SMILES string of the molecule is CCOC(=O)c1ccc2c(c1)C(CN)CCO2. The lowest BCUT2D eigenvalue weighted by Crippen LogP contribution is -2.21. The van der Waals surface area contributed by atoms with Gasteiger partial charge in [-0.15, -0.1) is 0 Å². The van der Waals surface area contributed by atoms with Gasteiger partial charge in [0, 0.05) is 5.92 Å². The van der Waals surface area contributed by atoms with Crippen LogP contribution in [0.3, 0.4) is 0 Å². The normalized spacial score (nSPS) is 18.1. The number of rotatable bonds is 3. The van der Waals surface area contributed by atoms with Crippen molar-refractivity contribution in [3.8, 4) is 5.75 Å². The fourth-order valence-corrected chi connectivity index (χ4v) is 2.05. The van der Waals surface area contributed by atoms with Crippen LogP contribution in [0.1, 0.15) is 35.2 Å². The number of ether oxygens (including phenoxy) is 2. The number of esters is 1. The van der Waals surface area contributed by atoms with Gasteiger partial charge in [0.2, 0.25) is 0 Å². The first-order valence-corrected chi connectivity index (χ1v) is 5.90. The molecule has 1 aliphatic rings. The first-order valence-electron chi connectivity index (χ1n) is 5.90. The molecule has 0 saturated heterocycles. The largest absolute Gasteiger partial charge is 0.493 e. The summed E-state index contributed by atoms with van der Waals surface area (Å²) in [5.74, 6) is 0.810. The minimum Gasteiger partial charge on any atom is -0.493 e. The van der Waals surface area contributed by atoms with Gasteiger partial charge < -0.3 is 15.2 Å². The van der Waals surface area contributed by atoms with Crippen LogP contribution in [0, 0.1) is 0 Å². The molecule has 1 unspecified atom stereocenters. The molecule has 2 N–H and O–H groups in total. The second kappa shape index (κ2) is 5.19.